The monoisotopic (exact) mass is 1280 g/mol. The lowest BCUT2D eigenvalue weighted by Crippen LogP contribution is -2.40. The zero-order chi connectivity index (χ0) is 66.1. The second kappa shape index (κ2) is 72.3. The molecule has 91 heavy (non-hydrogen) atoms. The van der Waals surface area contributed by atoms with Crippen molar-refractivity contribution in [1.29, 1.82) is 0 Å². The van der Waals surface area contributed by atoms with Gasteiger partial charge in [-0.25, -0.2) is 4.79 Å². The number of carboxylic acid groups (broad SMARTS) is 1. The van der Waals surface area contributed by atoms with Crippen molar-refractivity contribution in [3.8, 4) is 0 Å². The van der Waals surface area contributed by atoms with Gasteiger partial charge in [-0.2, -0.15) is 0 Å². The van der Waals surface area contributed by atoms with Crippen molar-refractivity contribution in [3.05, 3.63) is 85.1 Å². The highest BCUT2D eigenvalue weighted by Crippen LogP contribution is 2.19. The summed E-state index contributed by atoms with van der Waals surface area (Å²) >= 11 is 0. The Morgan fingerprint density at radius 1 is 0.341 bits per heavy atom. The molecule has 1 N–H and O–H groups in total. The van der Waals surface area contributed by atoms with E-state index in [2.05, 4.69) is 98.9 Å². The SMILES string of the molecule is CC/C=C\C/C=C\C/C=C\C/C=C\C/C=C\CCCCCCCCCCCCCCCCCC(=O)OC(COC(=O)CCCCCCCCCCCCCCCCCCCCCCCCC/C=C\C/C=C\CCCCCCC)COC(OCC[N+](C)(C)C)C(=O)O. The van der Waals surface area contributed by atoms with Crippen molar-refractivity contribution in [2.75, 3.05) is 47.5 Å². The van der Waals surface area contributed by atoms with Crippen LogP contribution in [0.3, 0.4) is 0 Å². The Kier molecular flexibility index (Phi) is 69.5. The first-order valence-corrected chi connectivity index (χ1v) is 38.8. The molecule has 0 aromatic heterocycles. The molecule has 0 rings (SSSR count). The number of unbranched alkanes of at least 4 members (excludes halogenated alkanes) is 43. The van der Waals surface area contributed by atoms with Crippen LogP contribution in [0.15, 0.2) is 85.1 Å². The lowest BCUT2D eigenvalue weighted by molar-refractivity contribution is -0.870. The Balaban J connectivity index is 4.01. The van der Waals surface area contributed by atoms with Crippen LogP contribution < -0.4 is 0 Å². The van der Waals surface area contributed by atoms with Crippen LogP contribution in [0.2, 0.25) is 0 Å². The molecule has 9 nitrogen and oxygen atoms in total. The molecule has 0 saturated carbocycles. The summed E-state index contributed by atoms with van der Waals surface area (Å²) in [5, 5.41) is 9.77. The van der Waals surface area contributed by atoms with Gasteiger partial charge in [0.2, 0.25) is 0 Å². The highest BCUT2D eigenvalue weighted by atomic mass is 16.7. The molecule has 0 aliphatic rings. The second-order valence-corrected chi connectivity index (χ2v) is 27.3. The maximum Gasteiger partial charge on any atom is 0.361 e. The highest BCUT2D eigenvalue weighted by molar-refractivity contribution is 5.71. The molecule has 0 aromatic rings. The lowest BCUT2D eigenvalue weighted by atomic mass is 10.0. The molecule has 0 aromatic carbocycles. The zero-order valence-electron chi connectivity index (χ0n) is 60.5. The van der Waals surface area contributed by atoms with Crippen LogP contribution in [-0.2, 0) is 33.3 Å². The molecule has 2 atom stereocenters. The third-order valence-electron chi connectivity index (χ3n) is 17.1. The molecular weight excluding hydrogens is 1130 g/mol. The van der Waals surface area contributed by atoms with E-state index >= 15 is 0 Å². The van der Waals surface area contributed by atoms with Crippen LogP contribution >= 0.6 is 0 Å². The van der Waals surface area contributed by atoms with Crippen LogP contribution in [0.5, 0.6) is 0 Å². The van der Waals surface area contributed by atoms with Crippen LogP contribution in [0.1, 0.15) is 361 Å². The van der Waals surface area contributed by atoms with Gasteiger partial charge in [0.1, 0.15) is 13.2 Å². The van der Waals surface area contributed by atoms with Crippen molar-refractivity contribution in [2.24, 2.45) is 0 Å². The van der Waals surface area contributed by atoms with Gasteiger partial charge in [-0.05, 0) is 89.9 Å². The number of nitrogens with zero attached hydrogens (tertiary/aromatic N) is 1. The van der Waals surface area contributed by atoms with Gasteiger partial charge in [-0.15, -0.1) is 0 Å². The van der Waals surface area contributed by atoms with E-state index < -0.39 is 24.3 Å². The number of carbonyl (C=O) groups is 3. The Morgan fingerprint density at radius 2 is 0.626 bits per heavy atom. The zero-order valence-corrected chi connectivity index (χ0v) is 60.5. The molecule has 0 saturated heterocycles. The average Bonchev–Trinajstić information content (AvgIpc) is 3.65. The number of esters is 2. The van der Waals surface area contributed by atoms with E-state index in [0.717, 1.165) is 77.0 Å². The summed E-state index contributed by atoms with van der Waals surface area (Å²) in [6, 6.07) is 0. The number of carboxylic acids is 1. The number of rotatable bonds is 72. The maximum absolute atomic E-state index is 13.0. The van der Waals surface area contributed by atoms with E-state index in [9.17, 15) is 19.5 Å². The number of likely N-dealkylation sites (N-methyl/N-ethyl adjacent to an activating group) is 1. The smallest absolute Gasteiger partial charge is 0.361 e. The molecule has 0 fully saturated rings. The molecule has 528 valence electrons. The largest absolute Gasteiger partial charge is 0.477 e. The average molecular weight is 1280 g/mol. The fraction of sp³-hybridized carbons (Fsp3) is 0.793. The Morgan fingerprint density at radius 3 is 0.934 bits per heavy atom. The summed E-state index contributed by atoms with van der Waals surface area (Å²) in [7, 11) is 5.99. The quantitative estimate of drug-likeness (QED) is 0.0211. The maximum atomic E-state index is 13.0. The predicted octanol–water partition coefficient (Wildman–Crippen LogP) is 24.6. The summed E-state index contributed by atoms with van der Waals surface area (Å²) < 4.78 is 23.0. The van der Waals surface area contributed by atoms with Crippen molar-refractivity contribution in [2.45, 2.75) is 373 Å². The number of allylic oxidation sites excluding steroid dienone is 14. The fourth-order valence-electron chi connectivity index (χ4n) is 11.3. The standard InChI is InChI=1S/C82H147NO8/c1-6-8-10-12-14-16-18-20-22-24-26-28-30-32-34-36-38-39-40-41-43-44-46-48-50-52-54-56-58-60-62-64-66-68-70-72-79(84)89-76-78(77-90-82(81(86)87)88-75-74-83(3,4)5)91-80(85)73-71-69-67-65-63-61-59-57-55-53-51-49-47-45-42-37-35-33-31-29-27-25-23-21-19-17-15-13-11-9-7-2/h9,11,15,17-18,20-21,23-24,26-27,29,33,35,78,82H,6-8,10,12-14,16,19,22,25,28,30-32,34,36-77H2,1-5H3/p+1/b11-9-,17-15-,20-18-,23-21-,26-24-,29-27-,35-33-. The van der Waals surface area contributed by atoms with E-state index in [0.29, 0.717) is 17.4 Å². The van der Waals surface area contributed by atoms with E-state index in [1.165, 1.54) is 257 Å². The van der Waals surface area contributed by atoms with Gasteiger partial charge >= 0.3 is 17.9 Å². The third kappa shape index (κ3) is 73.7. The van der Waals surface area contributed by atoms with Gasteiger partial charge in [0.25, 0.3) is 6.29 Å². The van der Waals surface area contributed by atoms with E-state index in [1.54, 1.807) is 0 Å². The molecule has 0 spiro atoms. The second-order valence-electron chi connectivity index (χ2n) is 27.3. The van der Waals surface area contributed by atoms with Gasteiger partial charge in [-0.1, -0.05) is 343 Å². The number of carbonyl (C=O) groups excluding carboxylic acids is 2. The number of aliphatic carboxylic acids is 1. The van der Waals surface area contributed by atoms with Gasteiger partial charge in [0.15, 0.2) is 6.10 Å². The van der Waals surface area contributed by atoms with Crippen molar-refractivity contribution in [1.82, 2.24) is 0 Å². The number of hydrogen-bond donors (Lipinski definition) is 1. The van der Waals surface area contributed by atoms with Crippen LogP contribution in [-0.4, -0.2) is 87.4 Å². The summed E-state index contributed by atoms with van der Waals surface area (Å²) in [4.78, 5) is 37.7. The molecule has 0 aliphatic heterocycles. The minimum absolute atomic E-state index is 0.180. The first-order chi connectivity index (χ1) is 44.6. The minimum atomic E-state index is -1.51. The number of quaternary nitrogens is 1. The molecule has 0 heterocycles. The van der Waals surface area contributed by atoms with Crippen LogP contribution in [0, 0.1) is 0 Å². The van der Waals surface area contributed by atoms with Crippen LogP contribution in [0.25, 0.3) is 0 Å². The Bertz CT molecular complexity index is 1770. The van der Waals surface area contributed by atoms with Gasteiger partial charge in [0.05, 0.1) is 34.4 Å². The van der Waals surface area contributed by atoms with E-state index in [-0.39, 0.29) is 32.2 Å². The minimum Gasteiger partial charge on any atom is -0.477 e. The molecule has 0 bridgehead atoms. The topological polar surface area (TPSA) is 108 Å². The first-order valence-electron chi connectivity index (χ1n) is 38.8. The van der Waals surface area contributed by atoms with Crippen molar-refractivity contribution >= 4 is 17.9 Å². The number of ether oxygens (including phenoxy) is 4. The van der Waals surface area contributed by atoms with Gasteiger partial charge in [0, 0.05) is 12.8 Å². The third-order valence-corrected chi connectivity index (χ3v) is 17.1. The molecule has 0 aliphatic carbocycles. The van der Waals surface area contributed by atoms with Crippen molar-refractivity contribution < 1.29 is 42.9 Å². The highest BCUT2D eigenvalue weighted by Gasteiger charge is 2.25. The van der Waals surface area contributed by atoms with E-state index in [4.69, 9.17) is 18.9 Å². The first kappa shape index (κ1) is 87.5. The summed E-state index contributed by atoms with van der Waals surface area (Å²) in [5.74, 6) is -1.98. The van der Waals surface area contributed by atoms with Gasteiger partial charge < -0.3 is 28.5 Å². The number of hydrogen-bond acceptors (Lipinski definition) is 7. The molecule has 2 unspecified atom stereocenters. The van der Waals surface area contributed by atoms with Crippen LogP contribution in [0.4, 0.5) is 0 Å². The molecule has 0 amide bonds. The Hall–Kier alpha value is -3.53. The molecular formula is C82H148NO8+. The summed E-state index contributed by atoms with van der Waals surface area (Å²) in [5.41, 5.74) is 0. The molecule has 9 heteroatoms. The van der Waals surface area contributed by atoms with E-state index in [1.807, 2.05) is 21.1 Å². The lowest BCUT2D eigenvalue weighted by Gasteiger charge is -2.25. The fourth-order valence-corrected chi connectivity index (χ4v) is 11.3. The summed E-state index contributed by atoms with van der Waals surface area (Å²) in [6.07, 6.45) is 95.8. The summed E-state index contributed by atoms with van der Waals surface area (Å²) in [6.45, 7) is 4.80. The normalized spacial score (nSPS) is 13.1. The van der Waals surface area contributed by atoms with Gasteiger partial charge in [-0.3, -0.25) is 9.59 Å². The van der Waals surface area contributed by atoms with Crippen molar-refractivity contribution in [3.63, 3.8) is 0 Å². The predicted molar refractivity (Wildman–Crippen MR) is 392 cm³/mol. The Labute approximate surface area is 563 Å². The molecule has 0 radical (unpaired) electrons.